The van der Waals surface area contributed by atoms with Crippen LogP contribution in [0.25, 0.3) is 0 Å². The average Bonchev–Trinajstić information content (AvgIpc) is 2.48. The predicted octanol–water partition coefficient (Wildman–Crippen LogP) is 4.42. The summed E-state index contributed by atoms with van der Waals surface area (Å²) in [6, 6.07) is 11.1. The normalized spacial score (nSPS) is 12.0. The van der Waals surface area contributed by atoms with E-state index in [-0.39, 0.29) is 16.3 Å². The first-order valence-electron chi connectivity index (χ1n) is 6.22. The number of nitrogens with zero attached hydrogens (tertiary/aromatic N) is 1. The summed E-state index contributed by atoms with van der Waals surface area (Å²) in [6.07, 6.45) is 0.423. The van der Waals surface area contributed by atoms with E-state index in [4.69, 9.17) is 4.74 Å². The third-order valence-electron chi connectivity index (χ3n) is 3.12. The van der Waals surface area contributed by atoms with Gasteiger partial charge < -0.3 is 4.74 Å². The fourth-order valence-corrected chi connectivity index (χ4v) is 2.68. The zero-order valence-corrected chi connectivity index (χ0v) is 12.8. The first kappa shape index (κ1) is 15.4. The van der Waals surface area contributed by atoms with E-state index in [1.165, 1.54) is 19.2 Å². The Balaban J connectivity index is 2.26. The van der Waals surface area contributed by atoms with Crippen LogP contribution in [0.15, 0.2) is 42.5 Å². The predicted molar refractivity (Wildman–Crippen MR) is 81.4 cm³/mol. The van der Waals surface area contributed by atoms with Crippen LogP contribution in [0, 0.1) is 15.9 Å². The van der Waals surface area contributed by atoms with Crippen molar-refractivity contribution < 1.29 is 14.1 Å². The van der Waals surface area contributed by atoms with Gasteiger partial charge in [-0.15, -0.1) is 0 Å². The molecule has 1 unspecified atom stereocenters. The van der Waals surface area contributed by atoms with Crippen molar-refractivity contribution in [1.29, 1.82) is 0 Å². The SMILES string of the molecule is COc1cc(C(Br)Cc2ccccc2[N+](=O)[O-])ccc1F. The molecule has 1 atom stereocenters. The minimum Gasteiger partial charge on any atom is -0.494 e. The smallest absolute Gasteiger partial charge is 0.272 e. The lowest BCUT2D eigenvalue weighted by molar-refractivity contribution is -0.385. The van der Waals surface area contributed by atoms with Crippen molar-refractivity contribution in [2.24, 2.45) is 0 Å². The molecule has 0 spiro atoms. The van der Waals surface area contributed by atoms with Crippen LogP contribution < -0.4 is 4.74 Å². The monoisotopic (exact) mass is 353 g/mol. The van der Waals surface area contributed by atoms with Crippen LogP contribution in [-0.4, -0.2) is 12.0 Å². The van der Waals surface area contributed by atoms with E-state index in [2.05, 4.69) is 15.9 Å². The van der Waals surface area contributed by atoms with Crippen LogP contribution in [0.2, 0.25) is 0 Å². The van der Waals surface area contributed by atoms with E-state index < -0.39 is 10.7 Å². The summed E-state index contributed by atoms with van der Waals surface area (Å²) in [4.78, 5) is 10.4. The fourth-order valence-electron chi connectivity index (χ4n) is 2.04. The van der Waals surface area contributed by atoms with E-state index >= 15 is 0 Å². The molecule has 4 nitrogen and oxygen atoms in total. The number of para-hydroxylation sites is 1. The minimum absolute atomic E-state index is 0.0797. The standard InChI is InChI=1S/C15H13BrFNO3/c1-21-15-9-10(6-7-13(15)17)12(16)8-11-4-2-3-5-14(11)18(19)20/h2-7,9,12H,8H2,1H3. The van der Waals surface area contributed by atoms with Crippen molar-refractivity contribution in [3.05, 3.63) is 69.5 Å². The molecule has 0 heterocycles. The number of nitro groups is 1. The van der Waals surface area contributed by atoms with Crippen LogP contribution in [0.1, 0.15) is 16.0 Å². The number of methoxy groups -OCH3 is 1. The van der Waals surface area contributed by atoms with Crippen LogP contribution in [0.3, 0.4) is 0 Å². The lowest BCUT2D eigenvalue weighted by Gasteiger charge is -2.12. The van der Waals surface area contributed by atoms with Gasteiger partial charge in [-0.05, 0) is 24.1 Å². The quantitative estimate of drug-likeness (QED) is 0.454. The number of rotatable bonds is 5. The van der Waals surface area contributed by atoms with Crippen molar-refractivity contribution in [2.75, 3.05) is 7.11 Å². The van der Waals surface area contributed by atoms with Gasteiger partial charge in [0.1, 0.15) is 0 Å². The Bertz CT molecular complexity index is 663. The molecule has 110 valence electrons. The molecule has 0 aromatic heterocycles. The zero-order valence-electron chi connectivity index (χ0n) is 11.3. The zero-order chi connectivity index (χ0) is 15.4. The van der Waals surface area contributed by atoms with Gasteiger partial charge in [0, 0.05) is 16.5 Å². The summed E-state index contributed by atoms with van der Waals surface area (Å²) in [5.74, 6) is -0.286. The van der Waals surface area contributed by atoms with Gasteiger partial charge in [-0.2, -0.15) is 0 Å². The van der Waals surface area contributed by atoms with Gasteiger partial charge in [0.25, 0.3) is 5.69 Å². The van der Waals surface area contributed by atoms with Gasteiger partial charge in [0.15, 0.2) is 11.6 Å². The Morgan fingerprint density at radius 3 is 2.71 bits per heavy atom. The topological polar surface area (TPSA) is 52.4 Å². The Morgan fingerprint density at radius 2 is 2.05 bits per heavy atom. The molecule has 21 heavy (non-hydrogen) atoms. The van der Waals surface area contributed by atoms with E-state index in [1.807, 2.05) is 0 Å². The van der Waals surface area contributed by atoms with Gasteiger partial charge in [0.05, 0.1) is 12.0 Å². The number of alkyl halides is 1. The van der Waals surface area contributed by atoms with Crippen LogP contribution >= 0.6 is 15.9 Å². The van der Waals surface area contributed by atoms with Gasteiger partial charge in [0.2, 0.25) is 0 Å². The van der Waals surface area contributed by atoms with Gasteiger partial charge in [-0.1, -0.05) is 40.2 Å². The molecule has 2 aromatic rings. The summed E-state index contributed by atoms with van der Waals surface area (Å²) in [6.45, 7) is 0. The number of ether oxygens (including phenoxy) is 1. The number of benzene rings is 2. The lowest BCUT2D eigenvalue weighted by Crippen LogP contribution is -2.01. The molecule has 2 aromatic carbocycles. The van der Waals surface area contributed by atoms with Crippen molar-refractivity contribution in [3.63, 3.8) is 0 Å². The lowest BCUT2D eigenvalue weighted by atomic mass is 10.0. The molecular formula is C15H13BrFNO3. The molecule has 6 heteroatoms. The largest absolute Gasteiger partial charge is 0.494 e. The second-order valence-electron chi connectivity index (χ2n) is 4.45. The highest BCUT2D eigenvalue weighted by Gasteiger charge is 2.18. The second-order valence-corrected chi connectivity index (χ2v) is 5.56. The molecule has 0 aliphatic carbocycles. The van der Waals surface area contributed by atoms with Crippen molar-refractivity contribution in [1.82, 2.24) is 0 Å². The summed E-state index contributed by atoms with van der Waals surface area (Å²) in [7, 11) is 1.40. The van der Waals surface area contributed by atoms with Crippen LogP contribution in [0.4, 0.5) is 10.1 Å². The van der Waals surface area contributed by atoms with E-state index in [0.29, 0.717) is 12.0 Å². The van der Waals surface area contributed by atoms with E-state index in [9.17, 15) is 14.5 Å². The van der Waals surface area contributed by atoms with Gasteiger partial charge >= 0.3 is 0 Å². The molecule has 0 saturated carbocycles. The maximum atomic E-state index is 13.4. The molecule has 0 radical (unpaired) electrons. The van der Waals surface area contributed by atoms with Crippen molar-refractivity contribution in [2.45, 2.75) is 11.2 Å². The highest BCUT2D eigenvalue weighted by atomic mass is 79.9. The summed E-state index contributed by atoms with van der Waals surface area (Å²) in [5, 5.41) is 11.0. The Kier molecular flexibility index (Phi) is 4.90. The van der Waals surface area contributed by atoms with E-state index in [0.717, 1.165) is 5.56 Å². The first-order chi connectivity index (χ1) is 10.0. The van der Waals surface area contributed by atoms with E-state index in [1.54, 1.807) is 30.3 Å². The average molecular weight is 354 g/mol. The minimum atomic E-state index is -0.438. The summed E-state index contributed by atoms with van der Waals surface area (Å²) >= 11 is 3.49. The highest BCUT2D eigenvalue weighted by Crippen LogP contribution is 2.33. The van der Waals surface area contributed by atoms with Gasteiger partial charge in [-0.25, -0.2) is 4.39 Å². The number of hydrogen-bond donors (Lipinski definition) is 0. The molecule has 0 fully saturated rings. The molecule has 0 bridgehead atoms. The second kappa shape index (κ2) is 6.67. The Morgan fingerprint density at radius 1 is 1.33 bits per heavy atom. The third kappa shape index (κ3) is 3.58. The molecule has 2 rings (SSSR count). The molecular weight excluding hydrogens is 341 g/mol. The first-order valence-corrected chi connectivity index (χ1v) is 7.14. The molecule has 0 aliphatic heterocycles. The summed E-state index contributed by atoms with van der Waals surface area (Å²) < 4.78 is 18.3. The molecule has 0 amide bonds. The maximum absolute atomic E-state index is 13.4. The number of hydrogen-bond acceptors (Lipinski definition) is 3. The Hall–Kier alpha value is -1.95. The highest BCUT2D eigenvalue weighted by molar-refractivity contribution is 9.09. The van der Waals surface area contributed by atoms with Crippen LogP contribution in [-0.2, 0) is 6.42 Å². The number of halogens is 2. The van der Waals surface area contributed by atoms with Crippen molar-refractivity contribution >= 4 is 21.6 Å². The fraction of sp³-hybridized carbons (Fsp3) is 0.200. The van der Waals surface area contributed by atoms with Crippen molar-refractivity contribution in [3.8, 4) is 5.75 Å². The Labute approximate surface area is 129 Å². The molecule has 0 N–H and O–H groups in total. The number of nitro benzene ring substituents is 1. The third-order valence-corrected chi connectivity index (χ3v) is 3.98. The molecule has 0 saturated heterocycles. The summed E-state index contributed by atoms with van der Waals surface area (Å²) in [5.41, 5.74) is 1.50. The van der Waals surface area contributed by atoms with Gasteiger partial charge in [-0.3, -0.25) is 10.1 Å². The molecule has 0 aliphatic rings. The maximum Gasteiger partial charge on any atom is 0.272 e. The van der Waals surface area contributed by atoms with Crippen LogP contribution in [0.5, 0.6) is 5.75 Å².